The Bertz CT molecular complexity index is 932. The molecule has 2 aromatic rings. The number of amides is 1. The second-order valence-corrected chi connectivity index (χ2v) is 5.18. The van der Waals surface area contributed by atoms with Gasteiger partial charge in [-0.25, -0.2) is 9.79 Å². The Hall–Kier alpha value is -3.48. The number of amidine groups is 1. The summed E-state index contributed by atoms with van der Waals surface area (Å²) in [5, 5.41) is 9.89. The molecule has 0 saturated carbocycles. The maximum absolute atomic E-state index is 12.2. The van der Waals surface area contributed by atoms with Gasteiger partial charge in [-0.2, -0.15) is 4.99 Å². The van der Waals surface area contributed by atoms with Gasteiger partial charge in [-0.3, -0.25) is 4.79 Å². The van der Waals surface area contributed by atoms with E-state index in [2.05, 4.69) is 9.98 Å². The van der Waals surface area contributed by atoms with Gasteiger partial charge in [0, 0.05) is 11.1 Å². The number of hydrogen-bond acceptors (Lipinski definition) is 5. The largest absolute Gasteiger partial charge is 0.512 e. The van der Waals surface area contributed by atoms with E-state index >= 15 is 0 Å². The van der Waals surface area contributed by atoms with Crippen LogP contribution in [0.25, 0.3) is 0 Å². The molecule has 0 saturated heterocycles. The van der Waals surface area contributed by atoms with Crippen LogP contribution >= 0.6 is 0 Å². The molecule has 1 N–H and O–H groups in total. The van der Waals surface area contributed by atoms with Crippen LogP contribution in [0, 0.1) is 0 Å². The van der Waals surface area contributed by atoms with E-state index in [9.17, 15) is 14.7 Å². The minimum Gasteiger partial charge on any atom is -0.512 e. The number of fused-ring (bicyclic) bond motifs is 1. The third-order valence-corrected chi connectivity index (χ3v) is 3.57. The first-order valence-corrected chi connectivity index (χ1v) is 7.36. The number of hydrogen-bond donors (Lipinski definition) is 1. The smallest absolute Gasteiger partial charge is 0.343 e. The molecule has 0 atom stereocenters. The zero-order chi connectivity index (χ0) is 18.0. The fourth-order valence-electron chi connectivity index (χ4n) is 2.46. The number of aliphatic hydroxyl groups is 1. The lowest BCUT2D eigenvalue weighted by Crippen LogP contribution is -2.16. The Kier molecular flexibility index (Phi) is 4.30. The summed E-state index contributed by atoms with van der Waals surface area (Å²) in [5.74, 6) is -1.35. The molecule has 0 fully saturated rings. The van der Waals surface area contributed by atoms with Crippen molar-refractivity contribution in [3.63, 3.8) is 0 Å². The summed E-state index contributed by atoms with van der Waals surface area (Å²) in [7, 11) is 1.21. The number of rotatable bonds is 3. The van der Waals surface area contributed by atoms with Crippen LogP contribution in [-0.4, -0.2) is 35.6 Å². The average Bonchev–Trinajstić information content (AvgIpc) is 3.24. The fourth-order valence-corrected chi connectivity index (χ4v) is 2.46. The van der Waals surface area contributed by atoms with Gasteiger partial charge >= 0.3 is 11.9 Å². The van der Waals surface area contributed by atoms with E-state index in [-0.39, 0.29) is 28.6 Å². The van der Waals surface area contributed by atoms with Crippen molar-refractivity contribution in [3.05, 3.63) is 70.9 Å². The second kappa shape index (κ2) is 6.56. The SMILES string of the molecule is COC(=O)C(C1=NC(=NC(=O)c2ccco2)c2ccccc21)=C(C)O. The third-order valence-electron chi connectivity index (χ3n) is 3.57. The second-order valence-electron chi connectivity index (χ2n) is 5.18. The molecule has 0 aliphatic carbocycles. The molecular weight excluding hydrogens is 324 g/mol. The van der Waals surface area contributed by atoms with Crippen LogP contribution in [0.3, 0.4) is 0 Å². The number of ether oxygens (including phenoxy) is 1. The van der Waals surface area contributed by atoms with Crippen molar-refractivity contribution in [3.8, 4) is 0 Å². The van der Waals surface area contributed by atoms with Gasteiger partial charge in [0.2, 0.25) is 0 Å². The summed E-state index contributed by atoms with van der Waals surface area (Å²) in [6.45, 7) is 1.36. The number of benzene rings is 1. The number of aliphatic hydroxyl groups excluding tert-OH is 1. The zero-order valence-electron chi connectivity index (χ0n) is 13.5. The number of nitrogens with zero attached hydrogens (tertiary/aromatic N) is 2. The van der Waals surface area contributed by atoms with E-state index in [0.29, 0.717) is 11.1 Å². The van der Waals surface area contributed by atoms with Gasteiger partial charge < -0.3 is 14.3 Å². The standard InChI is InChI=1S/C18H14N2O5/c1-10(21)14(18(23)24-2)15-11-6-3-4-7-12(11)16(19-15)20-17(22)13-8-5-9-25-13/h3-9,21H,1-2H3. The lowest BCUT2D eigenvalue weighted by molar-refractivity contribution is -0.135. The maximum atomic E-state index is 12.2. The summed E-state index contributed by atoms with van der Waals surface area (Å²) >= 11 is 0. The quantitative estimate of drug-likeness (QED) is 0.527. The molecule has 0 bridgehead atoms. The minimum absolute atomic E-state index is 0.0782. The number of allylic oxidation sites excluding steroid dienone is 1. The molecule has 1 aromatic heterocycles. The lowest BCUT2D eigenvalue weighted by atomic mass is 9.99. The number of carbonyl (C=O) groups excluding carboxylic acids is 2. The van der Waals surface area contributed by atoms with Gasteiger partial charge in [0.25, 0.3) is 0 Å². The number of furan rings is 1. The summed E-state index contributed by atoms with van der Waals surface area (Å²) in [6.07, 6.45) is 1.37. The van der Waals surface area contributed by atoms with E-state index < -0.39 is 11.9 Å². The molecule has 7 heteroatoms. The molecule has 3 rings (SSSR count). The molecule has 7 nitrogen and oxygen atoms in total. The molecule has 0 radical (unpaired) electrons. The van der Waals surface area contributed by atoms with Crippen molar-refractivity contribution in [2.45, 2.75) is 6.92 Å². The summed E-state index contributed by atoms with van der Waals surface area (Å²) in [4.78, 5) is 32.5. The first kappa shape index (κ1) is 16.4. The summed E-state index contributed by atoms with van der Waals surface area (Å²) in [5.41, 5.74) is 1.27. The predicted molar refractivity (Wildman–Crippen MR) is 89.9 cm³/mol. The molecule has 1 aliphatic rings. The van der Waals surface area contributed by atoms with Crippen LogP contribution in [0.2, 0.25) is 0 Å². The Balaban J connectivity index is 2.13. The van der Waals surface area contributed by atoms with Crippen LogP contribution in [0.1, 0.15) is 28.6 Å². The van der Waals surface area contributed by atoms with E-state index in [1.807, 2.05) is 0 Å². The van der Waals surface area contributed by atoms with Gasteiger partial charge in [0.15, 0.2) is 11.6 Å². The highest BCUT2D eigenvalue weighted by Crippen LogP contribution is 2.25. The number of aliphatic imine (C=N–C) groups is 2. The van der Waals surface area contributed by atoms with Crippen molar-refractivity contribution in [2.24, 2.45) is 9.98 Å². The number of esters is 1. The maximum Gasteiger partial charge on any atom is 0.343 e. The van der Waals surface area contributed by atoms with E-state index in [1.54, 1.807) is 30.3 Å². The highest BCUT2D eigenvalue weighted by Gasteiger charge is 2.30. The summed E-state index contributed by atoms with van der Waals surface area (Å²) in [6, 6.07) is 10.0. The van der Waals surface area contributed by atoms with Crippen LogP contribution in [0.15, 0.2) is 68.4 Å². The molecule has 1 aromatic carbocycles. The van der Waals surface area contributed by atoms with Crippen molar-refractivity contribution >= 4 is 23.4 Å². The van der Waals surface area contributed by atoms with E-state index in [4.69, 9.17) is 9.15 Å². The Morgan fingerprint density at radius 2 is 1.88 bits per heavy atom. The lowest BCUT2D eigenvalue weighted by Gasteiger charge is -2.07. The molecular formula is C18H14N2O5. The van der Waals surface area contributed by atoms with Crippen LogP contribution in [0.5, 0.6) is 0 Å². The molecule has 0 unspecified atom stereocenters. The van der Waals surface area contributed by atoms with Gasteiger partial charge in [-0.05, 0) is 19.1 Å². The summed E-state index contributed by atoms with van der Waals surface area (Å²) < 4.78 is 9.75. The number of carbonyl (C=O) groups is 2. The van der Waals surface area contributed by atoms with Gasteiger partial charge in [0.1, 0.15) is 11.3 Å². The molecule has 126 valence electrons. The van der Waals surface area contributed by atoms with Crippen molar-refractivity contribution in [1.29, 1.82) is 0 Å². The molecule has 1 amide bonds. The first-order chi connectivity index (χ1) is 12.0. The third kappa shape index (κ3) is 2.99. The number of methoxy groups -OCH3 is 1. The average molecular weight is 338 g/mol. The molecule has 25 heavy (non-hydrogen) atoms. The highest BCUT2D eigenvalue weighted by molar-refractivity contribution is 6.36. The van der Waals surface area contributed by atoms with Crippen molar-refractivity contribution in [1.82, 2.24) is 0 Å². The van der Waals surface area contributed by atoms with Crippen LogP contribution in [-0.2, 0) is 9.53 Å². The van der Waals surface area contributed by atoms with Crippen molar-refractivity contribution in [2.75, 3.05) is 7.11 Å². The normalized spacial score (nSPS) is 15.4. The van der Waals surface area contributed by atoms with Gasteiger partial charge in [-0.15, -0.1) is 0 Å². The fraction of sp³-hybridized carbons (Fsp3) is 0.111. The molecule has 2 heterocycles. The zero-order valence-corrected chi connectivity index (χ0v) is 13.5. The Labute approximate surface area is 143 Å². The monoisotopic (exact) mass is 338 g/mol. The Morgan fingerprint density at radius 1 is 1.16 bits per heavy atom. The molecule has 0 spiro atoms. The predicted octanol–water partition coefficient (Wildman–Crippen LogP) is 2.67. The van der Waals surface area contributed by atoms with Crippen LogP contribution in [0.4, 0.5) is 0 Å². The minimum atomic E-state index is -0.729. The topological polar surface area (TPSA) is 101 Å². The Morgan fingerprint density at radius 3 is 2.48 bits per heavy atom. The van der Waals surface area contributed by atoms with Gasteiger partial charge in [-0.1, -0.05) is 24.3 Å². The van der Waals surface area contributed by atoms with E-state index in [1.165, 1.54) is 26.4 Å². The van der Waals surface area contributed by atoms with E-state index in [0.717, 1.165) is 0 Å². The molecule has 1 aliphatic heterocycles. The first-order valence-electron chi connectivity index (χ1n) is 7.36. The van der Waals surface area contributed by atoms with Gasteiger partial charge in [0.05, 0.1) is 19.1 Å². The van der Waals surface area contributed by atoms with Crippen molar-refractivity contribution < 1.29 is 23.8 Å². The highest BCUT2D eigenvalue weighted by atomic mass is 16.5. The van der Waals surface area contributed by atoms with Crippen LogP contribution < -0.4 is 0 Å².